The molecule has 30 heavy (non-hydrogen) atoms. The van der Waals surface area contributed by atoms with Gasteiger partial charge in [-0.1, -0.05) is 32.9 Å². The summed E-state index contributed by atoms with van der Waals surface area (Å²) in [6.45, 7) is 8.23. The number of allylic oxidation sites excluding steroid dienone is 3. The molecule has 0 fully saturated rings. The summed E-state index contributed by atoms with van der Waals surface area (Å²) < 4.78 is 10.2. The lowest BCUT2D eigenvalue weighted by Gasteiger charge is -2.39. The molecule has 3 rings (SSSR count). The molecule has 0 spiro atoms. The van der Waals surface area contributed by atoms with Crippen LogP contribution in [0.4, 0.5) is 0 Å². The van der Waals surface area contributed by atoms with Crippen LogP contribution in [0.15, 0.2) is 46.8 Å². The fourth-order valence-electron chi connectivity index (χ4n) is 4.24. The predicted octanol–water partition coefficient (Wildman–Crippen LogP) is 4.03. The Labute approximate surface area is 177 Å². The van der Waals surface area contributed by atoms with Gasteiger partial charge < -0.3 is 14.8 Å². The first-order chi connectivity index (χ1) is 14.2. The molecule has 1 aromatic carbocycles. The van der Waals surface area contributed by atoms with Crippen molar-refractivity contribution in [3.63, 3.8) is 0 Å². The molecule has 1 aromatic rings. The molecule has 0 amide bonds. The van der Waals surface area contributed by atoms with Crippen LogP contribution in [0, 0.1) is 5.41 Å². The number of carbonyl (C=O) groups is 3. The van der Waals surface area contributed by atoms with Crippen LogP contribution in [0.3, 0.4) is 0 Å². The Bertz CT molecular complexity index is 937. The highest BCUT2D eigenvalue weighted by Crippen LogP contribution is 2.46. The van der Waals surface area contributed by atoms with E-state index in [1.165, 1.54) is 7.11 Å². The van der Waals surface area contributed by atoms with E-state index in [1.807, 2.05) is 13.8 Å². The summed E-state index contributed by atoms with van der Waals surface area (Å²) in [4.78, 5) is 38.0. The van der Waals surface area contributed by atoms with Crippen molar-refractivity contribution < 1.29 is 23.9 Å². The first kappa shape index (κ1) is 21.8. The minimum Gasteiger partial charge on any atom is -0.465 e. The van der Waals surface area contributed by atoms with Crippen molar-refractivity contribution in [3.8, 4) is 0 Å². The van der Waals surface area contributed by atoms with Crippen molar-refractivity contribution >= 4 is 17.7 Å². The molecule has 0 saturated carbocycles. The number of carbonyl (C=O) groups excluding carboxylic acids is 3. The molecule has 1 atom stereocenters. The number of dihydropyridines is 1. The molecule has 0 aromatic heterocycles. The van der Waals surface area contributed by atoms with E-state index in [0.29, 0.717) is 41.9 Å². The minimum absolute atomic E-state index is 0.0316. The maximum absolute atomic E-state index is 13.2. The molecule has 1 N–H and O–H groups in total. The fourth-order valence-corrected chi connectivity index (χ4v) is 4.24. The molecule has 0 bridgehead atoms. The summed E-state index contributed by atoms with van der Waals surface area (Å²) in [7, 11) is 1.33. The number of benzene rings is 1. The molecule has 0 unspecified atom stereocenters. The zero-order valence-electron chi connectivity index (χ0n) is 18.3. The summed E-state index contributed by atoms with van der Waals surface area (Å²) in [5.74, 6) is -1.35. The molecule has 160 valence electrons. The fraction of sp³-hybridized carbons (Fsp3) is 0.458. The Morgan fingerprint density at radius 3 is 2.40 bits per heavy atom. The average molecular weight is 411 g/mol. The van der Waals surface area contributed by atoms with Crippen molar-refractivity contribution in [2.75, 3.05) is 13.7 Å². The summed E-state index contributed by atoms with van der Waals surface area (Å²) in [6, 6.07) is 6.87. The largest absolute Gasteiger partial charge is 0.465 e. The topological polar surface area (TPSA) is 81.7 Å². The van der Waals surface area contributed by atoms with Crippen LogP contribution in [0.25, 0.3) is 0 Å². The van der Waals surface area contributed by atoms with Gasteiger partial charge in [0.05, 0.1) is 24.9 Å². The standard InChI is InChI=1S/C24H29NO5/c1-6-11-30-23(28)19-14(2)25-17-12-24(3,4)13-18(26)21(17)20(19)15-7-9-16(10-8-15)22(27)29-5/h7-10,20,25H,6,11-13H2,1-5H3/t20-/m0/s1. The van der Waals surface area contributed by atoms with Gasteiger partial charge in [-0.2, -0.15) is 0 Å². The van der Waals surface area contributed by atoms with Gasteiger partial charge in [-0.05, 0) is 42.9 Å². The van der Waals surface area contributed by atoms with Crippen LogP contribution in [-0.4, -0.2) is 31.4 Å². The molecule has 1 aliphatic heterocycles. The molecule has 1 heterocycles. The van der Waals surface area contributed by atoms with Crippen molar-refractivity contribution in [2.24, 2.45) is 5.41 Å². The average Bonchev–Trinajstić information content (AvgIpc) is 2.69. The second-order valence-electron chi connectivity index (χ2n) is 8.68. The van der Waals surface area contributed by atoms with Gasteiger partial charge in [-0.15, -0.1) is 0 Å². The van der Waals surface area contributed by atoms with Crippen molar-refractivity contribution in [1.82, 2.24) is 5.32 Å². The molecular formula is C24H29NO5. The SMILES string of the molecule is CCCOC(=O)C1=C(C)NC2=C(C(=O)CC(C)(C)C2)[C@H]1c1ccc(C(=O)OC)cc1. The maximum Gasteiger partial charge on any atom is 0.337 e. The first-order valence-electron chi connectivity index (χ1n) is 10.3. The third-order valence-electron chi connectivity index (χ3n) is 5.56. The van der Waals surface area contributed by atoms with E-state index in [4.69, 9.17) is 9.47 Å². The zero-order valence-corrected chi connectivity index (χ0v) is 18.3. The van der Waals surface area contributed by atoms with Crippen LogP contribution in [0.1, 0.15) is 68.8 Å². The van der Waals surface area contributed by atoms with E-state index in [1.54, 1.807) is 24.3 Å². The number of nitrogens with one attached hydrogen (secondary N) is 1. The summed E-state index contributed by atoms with van der Waals surface area (Å²) in [5, 5.41) is 3.31. The van der Waals surface area contributed by atoms with E-state index in [0.717, 1.165) is 17.7 Å². The summed E-state index contributed by atoms with van der Waals surface area (Å²) in [6.07, 6.45) is 1.85. The van der Waals surface area contributed by atoms with Gasteiger partial charge in [0.2, 0.25) is 0 Å². The number of hydrogen-bond donors (Lipinski definition) is 1. The van der Waals surface area contributed by atoms with Crippen LogP contribution >= 0.6 is 0 Å². The Hall–Kier alpha value is -2.89. The highest BCUT2D eigenvalue weighted by molar-refractivity contribution is 6.04. The normalized spacial score (nSPS) is 20.4. The third kappa shape index (κ3) is 4.18. The van der Waals surface area contributed by atoms with Crippen LogP contribution in [0.2, 0.25) is 0 Å². The molecule has 0 saturated heterocycles. The molecule has 6 heteroatoms. The van der Waals surface area contributed by atoms with Gasteiger partial charge >= 0.3 is 11.9 Å². The number of Topliss-reactive ketones (excluding diaryl/α,β-unsaturated/α-hetero) is 1. The van der Waals surface area contributed by atoms with Gasteiger partial charge in [-0.3, -0.25) is 4.79 Å². The lowest BCUT2D eigenvalue weighted by Crippen LogP contribution is -2.38. The Balaban J connectivity index is 2.11. The van der Waals surface area contributed by atoms with Gasteiger partial charge in [0.1, 0.15) is 0 Å². The Morgan fingerprint density at radius 1 is 1.13 bits per heavy atom. The molecule has 2 aliphatic rings. The molecule has 6 nitrogen and oxygen atoms in total. The number of ketones is 1. The lowest BCUT2D eigenvalue weighted by atomic mass is 9.68. The van der Waals surface area contributed by atoms with E-state index in [-0.39, 0.29) is 11.2 Å². The van der Waals surface area contributed by atoms with Gasteiger partial charge in [-0.25, -0.2) is 9.59 Å². The number of rotatable bonds is 5. The lowest BCUT2D eigenvalue weighted by molar-refractivity contribution is -0.139. The quantitative estimate of drug-likeness (QED) is 0.737. The second kappa shape index (κ2) is 8.46. The Morgan fingerprint density at radius 2 is 1.80 bits per heavy atom. The van der Waals surface area contributed by atoms with Gasteiger partial charge in [0.15, 0.2) is 5.78 Å². The first-order valence-corrected chi connectivity index (χ1v) is 10.3. The van der Waals surface area contributed by atoms with Crippen LogP contribution in [-0.2, 0) is 19.1 Å². The van der Waals surface area contributed by atoms with Crippen LogP contribution in [0.5, 0.6) is 0 Å². The predicted molar refractivity (Wildman–Crippen MR) is 113 cm³/mol. The van der Waals surface area contributed by atoms with E-state index >= 15 is 0 Å². The van der Waals surface area contributed by atoms with E-state index < -0.39 is 17.9 Å². The van der Waals surface area contributed by atoms with E-state index in [9.17, 15) is 14.4 Å². The van der Waals surface area contributed by atoms with Crippen molar-refractivity contribution in [3.05, 3.63) is 57.9 Å². The Kier molecular flexibility index (Phi) is 6.15. The maximum atomic E-state index is 13.2. The summed E-state index contributed by atoms with van der Waals surface area (Å²) in [5.41, 5.74) is 3.66. The second-order valence-corrected chi connectivity index (χ2v) is 8.68. The smallest absolute Gasteiger partial charge is 0.337 e. The van der Waals surface area contributed by atoms with Gasteiger partial charge in [0, 0.05) is 29.3 Å². The van der Waals surface area contributed by atoms with E-state index in [2.05, 4.69) is 19.2 Å². The van der Waals surface area contributed by atoms with Crippen molar-refractivity contribution in [1.29, 1.82) is 0 Å². The number of esters is 2. The number of hydrogen-bond acceptors (Lipinski definition) is 6. The highest BCUT2D eigenvalue weighted by atomic mass is 16.5. The minimum atomic E-state index is -0.527. The van der Waals surface area contributed by atoms with Crippen LogP contribution < -0.4 is 5.32 Å². The monoisotopic (exact) mass is 411 g/mol. The zero-order chi connectivity index (χ0) is 22.1. The van der Waals surface area contributed by atoms with Gasteiger partial charge in [0.25, 0.3) is 0 Å². The highest BCUT2D eigenvalue weighted by Gasteiger charge is 2.43. The number of ether oxygens (including phenoxy) is 2. The van der Waals surface area contributed by atoms with Crippen molar-refractivity contribution in [2.45, 2.75) is 52.9 Å². The number of methoxy groups -OCH3 is 1. The molecular weight excluding hydrogens is 382 g/mol. The summed E-state index contributed by atoms with van der Waals surface area (Å²) >= 11 is 0. The molecule has 0 radical (unpaired) electrons. The molecule has 1 aliphatic carbocycles. The third-order valence-corrected chi connectivity index (χ3v) is 5.56.